The highest BCUT2D eigenvalue weighted by molar-refractivity contribution is 7.99. The predicted molar refractivity (Wildman–Crippen MR) is 65.7 cm³/mol. The van der Waals surface area contributed by atoms with E-state index >= 15 is 0 Å². The number of rotatable bonds is 2. The Bertz CT molecular complexity index is 308. The lowest BCUT2D eigenvalue weighted by Crippen LogP contribution is -2.22. The summed E-state index contributed by atoms with van der Waals surface area (Å²) in [5, 5.41) is 3.57. The van der Waals surface area contributed by atoms with Gasteiger partial charge >= 0.3 is 0 Å². The smallest absolute Gasteiger partial charge is 0.119 e. The molecule has 0 aromatic heterocycles. The van der Waals surface area contributed by atoms with Gasteiger partial charge in [0.25, 0.3) is 0 Å². The number of methoxy groups -OCH3 is 1. The summed E-state index contributed by atoms with van der Waals surface area (Å²) in [5.74, 6) is 3.38. The maximum Gasteiger partial charge on any atom is 0.119 e. The molecule has 0 bridgehead atoms. The summed E-state index contributed by atoms with van der Waals surface area (Å²) in [7, 11) is 1.72. The molecule has 2 rings (SSSR count). The van der Waals surface area contributed by atoms with Crippen LogP contribution in [0.15, 0.2) is 24.3 Å². The molecule has 1 aromatic rings. The maximum atomic E-state index is 5.24. The Morgan fingerprint density at radius 1 is 1.47 bits per heavy atom. The van der Waals surface area contributed by atoms with Gasteiger partial charge in [-0.2, -0.15) is 11.8 Å². The third-order valence-electron chi connectivity index (χ3n) is 2.64. The first-order valence-corrected chi connectivity index (χ1v) is 6.50. The second kappa shape index (κ2) is 5.42. The monoisotopic (exact) mass is 223 g/mol. The summed E-state index contributed by atoms with van der Waals surface area (Å²) < 4.78 is 5.24. The second-order valence-corrected chi connectivity index (χ2v) is 4.86. The van der Waals surface area contributed by atoms with E-state index in [2.05, 4.69) is 23.5 Å². The van der Waals surface area contributed by atoms with Crippen molar-refractivity contribution >= 4 is 11.8 Å². The van der Waals surface area contributed by atoms with Crippen molar-refractivity contribution in [2.75, 3.05) is 25.2 Å². The van der Waals surface area contributed by atoms with Gasteiger partial charge in [-0.3, -0.25) is 0 Å². The zero-order chi connectivity index (χ0) is 10.5. The molecule has 15 heavy (non-hydrogen) atoms. The maximum absolute atomic E-state index is 5.24. The van der Waals surface area contributed by atoms with E-state index in [9.17, 15) is 0 Å². The van der Waals surface area contributed by atoms with Crippen LogP contribution < -0.4 is 10.1 Å². The van der Waals surface area contributed by atoms with E-state index in [1.165, 1.54) is 17.7 Å². The molecule has 1 aliphatic heterocycles. The normalized spacial score (nSPS) is 22.1. The minimum atomic E-state index is 0.479. The summed E-state index contributed by atoms with van der Waals surface area (Å²) in [5.41, 5.74) is 1.34. The standard InChI is InChI=1S/C12H17NOS/c1-14-11-5-2-4-10(8-11)12-9-15-7-3-6-13-12/h2,4-5,8,12-13H,3,6-7,9H2,1H3. The van der Waals surface area contributed by atoms with Gasteiger partial charge in [0, 0.05) is 11.8 Å². The van der Waals surface area contributed by atoms with Crippen molar-refractivity contribution in [1.29, 1.82) is 0 Å². The van der Waals surface area contributed by atoms with Gasteiger partial charge in [-0.05, 0) is 36.4 Å². The van der Waals surface area contributed by atoms with Crippen LogP contribution >= 0.6 is 11.8 Å². The average Bonchev–Trinajstić information content (AvgIpc) is 2.58. The number of benzene rings is 1. The molecule has 0 radical (unpaired) electrons. The molecule has 1 aliphatic rings. The molecule has 1 fully saturated rings. The molecule has 1 atom stereocenters. The Labute approximate surface area is 95.4 Å². The van der Waals surface area contributed by atoms with Crippen molar-refractivity contribution < 1.29 is 4.74 Å². The van der Waals surface area contributed by atoms with E-state index in [1.54, 1.807) is 7.11 Å². The van der Waals surface area contributed by atoms with E-state index in [4.69, 9.17) is 4.74 Å². The lowest BCUT2D eigenvalue weighted by atomic mass is 10.1. The van der Waals surface area contributed by atoms with Crippen LogP contribution in [0.25, 0.3) is 0 Å². The lowest BCUT2D eigenvalue weighted by Gasteiger charge is -2.16. The van der Waals surface area contributed by atoms with Gasteiger partial charge in [-0.15, -0.1) is 0 Å². The Balaban J connectivity index is 2.12. The van der Waals surface area contributed by atoms with E-state index in [0.29, 0.717) is 6.04 Å². The summed E-state index contributed by atoms with van der Waals surface area (Å²) in [6.45, 7) is 1.12. The van der Waals surface area contributed by atoms with Crippen LogP contribution in [0.1, 0.15) is 18.0 Å². The zero-order valence-electron chi connectivity index (χ0n) is 9.03. The van der Waals surface area contributed by atoms with Crippen LogP contribution in [0.5, 0.6) is 5.75 Å². The van der Waals surface area contributed by atoms with Crippen LogP contribution in [-0.2, 0) is 0 Å². The first-order valence-electron chi connectivity index (χ1n) is 5.35. The van der Waals surface area contributed by atoms with Crippen molar-refractivity contribution in [2.24, 2.45) is 0 Å². The quantitative estimate of drug-likeness (QED) is 0.832. The highest BCUT2D eigenvalue weighted by atomic mass is 32.2. The summed E-state index contributed by atoms with van der Waals surface area (Å²) >= 11 is 2.03. The minimum Gasteiger partial charge on any atom is -0.497 e. The van der Waals surface area contributed by atoms with Gasteiger partial charge in [0.1, 0.15) is 5.75 Å². The van der Waals surface area contributed by atoms with E-state index in [0.717, 1.165) is 18.0 Å². The Morgan fingerprint density at radius 2 is 2.40 bits per heavy atom. The van der Waals surface area contributed by atoms with Gasteiger partial charge in [0.05, 0.1) is 7.11 Å². The number of hydrogen-bond donors (Lipinski definition) is 1. The van der Waals surface area contributed by atoms with Crippen LogP contribution in [0.2, 0.25) is 0 Å². The summed E-state index contributed by atoms with van der Waals surface area (Å²) in [4.78, 5) is 0. The van der Waals surface area contributed by atoms with Gasteiger partial charge in [-0.25, -0.2) is 0 Å². The first-order chi connectivity index (χ1) is 7.40. The molecule has 1 saturated heterocycles. The molecule has 0 amide bonds. The molecule has 1 heterocycles. The molecular formula is C12H17NOS. The highest BCUT2D eigenvalue weighted by Crippen LogP contribution is 2.24. The van der Waals surface area contributed by atoms with Gasteiger partial charge in [0.2, 0.25) is 0 Å². The highest BCUT2D eigenvalue weighted by Gasteiger charge is 2.13. The number of nitrogens with one attached hydrogen (secondary N) is 1. The van der Waals surface area contributed by atoms with Crippen LogP contribution in [0.4, 0.5) is 0 Å². The van der Waals surface area contributed by atoms with Crippen molar-refractivity contribution in [3.8, 4) is 5.75 Å². The molecule has 0 saturated carbocycles. The van der Waals surface area contributed by atoms with Crippen molar-refractivity contribution in [3.63, 3.8) is 0 Å². The van der Waals surface area contributed by atoms with E-state index in [1.807, 2.05) is 17.8 Å². The molecule has 1 N–H and O–H groups in total. The molecule has 82 valence electrons. The molecule has 2 nitrogen and oxygen atoms in total. The Morgan fingerprint density at radius 3 is 3.27 bits per heavy atom. The lowest BCUT2D eigenvalue weighted by molar-refractivity contribution is 0.413. The average molecular weight is 223 g/mol. The van der Waals surface area contributed by atoms with Crippen LogP contribution in [-0.4, -0.2) is 25.2 Å². The van der Waals surface area contributed by atoms with Gasteiger partial charge < -0.3 is 10.1 Å². The number of thioether (sulfide) groups is 1. The molecule has 3 heteroatoms. The Hall–Kier alpha value is -0.670. The SMILES string of the molecule is COc1cccc(C2CSCCCN2)c1. The fourth-order valence-electron chi connectivity index (χ4n) is 1.78. The third-order valence-corrected chi connectivity index (χ3v) is 3.78. The van der Waals surface area contributed by atoms with Crippen molar-refractivity contribution in [2.45, 2.75) is 12.5 Å². The second-order valence-electron chi connectivity index (χ2n) is 3.71. The van der Waals surface area contributed by atoms with Crippen LogP contribution in [0, 0.1) is 0 Å². The van der Waals surface area contributed by atoms with Crippen molar-refractivity contribution in [1.82, 2.24) is 5.32 Å². The van der Waals surface area contributed by atoms with E-state index in [-0.39, 0.29) is 0 Å². The molecule has 1 aromatic carbocycles. The molecule has 0 aliphatic carbocycles. The topological polar surface area (TPSA) is 21.3 Å². The molecular weight excluding hydrogens is 206 g/mol. The van der Waals surface area contributed by atoms with Gasteiger partial charge in [-0.1, -0.05) is 12.1 Å². The number of ether oxygens (including phenoxy) is 1. The zero-order valence-corrected chi connectivity index (χ0v) is 9.85. The molecule has 0 spiro atoms. The molecule has 1 unspecified atom stereocenters. The van der Waals surface area contributed by atoms with E-state index < -0.39 is 0 Å². The summed E-state index contributed by atoms with van der Waals surface area (Å²) in [6, 6.07) is 8.83. The Kier molecular flexibility index (Phi) is 3.92. The fourth-order valence-corrected chi connectivity index (χ4v) is 2.84. The van der Waals surface area contributed by atoms with Gasteiger partial charge in [0.15, 0.2) is 0 Å². The minimum absolute atomic E-state index is 0.479. The largest absolute Gasteiger partial charge is 0.497 e. The fraction of sp³-hybridized carbons (Fsp3) is 0.500. The third kappa shape index (κ3) is 2.89. The summed E-state index contributed by atoms with van der Waals surface area (Å²) in [6.07, 6.45) is 1.27. The van der Waals surface area contributed by atoms with Crippen LogP contribution in [0.3, 0.4) is 0 Å². The number of hydrogen-bond acceptors (Lipinski definition) is 3. The van der Waals surface area contributed by atoms with Crippen molar-refractivity contribution in [3.05, 3.63) is 29.8 Å². The first kappa shape index (κ1) is 10.8. The predicted octanol–water partition coefficient (Wildman–Crippen LogP) is 2.46.